The average Bonchev–Trinajstić information content (AvgIpc) is 2.81. The van der Waals surface area contributed by atoms with Gasteiger partial charge < -0.3 is 4.74 Å². The van der Waals surface area contributed by atoms with Crippen molar-refractivity contribution in [1.82, 2.24) is 9.88 Å². The zero-order valence-corrected chi connectivity index (χ0v) is 10.2. The molecule has 1 aliphatic rings. The Morgan fingerprint density at radius 3 is 3.31 bits per heavy atom. The van der Waals surface area contributed by atoms with Crippen LogP contribution in [0.15, 0.2) is 10.9 Å². The van der Waals surface area contributed by atoms with Gasteiger partial charge in [0.2, 0.25) is 0 Å². The highest BCUT2D eigenvalue weighted by atomic mass is 32.1. The monoisotopic (exact) mass is 240 g/mol. The van der Waals surface area contributed by atoms with Crippen LogP contribution in [0.1, 0.15) is 18.5 Å². The summed E-state index contributed by atoms with van der Waals surface area (Å²) in [5.41, 5.74) is 2.94. The van der Waals surface area contributed by atoms with Crippen LogP contribution in [0.3, 0.4) is 0 Å². The Labute approximate surface area is 99.2 Å². The van der Waals surface area contributed by atoms with Gasteiger partial charge in [0, 0.05) is 18.5 Å². The van der Waals surface area contributed by atoms with E-state index in [9.17, 15) is 4.79 Å². The molecule has 0 aliphatic carbocycles. The van der Waals surface area contributed by atoms with Gasteiger partial charge in [-0.25, -0.2) is 4.98 Å². The topological polar surface area (TPSA) is 42.4 Å². The summed E-state index contributed by atoms with van der Waals surface area (Å²) < 4.78 is 4.79. The maximum absolute atomic E-state index is 11.5. The fraction of sp³-hybridized carbons (Fsp3) is 0.636. The fourth-order valence-electron chi connectivity index (χ4n) is 2.10. The smallest absolute Gasteiger partial charge is 0.309 e. The number of hydrogen-bond acceptors (Lipinski definition) is 5. The van der Waals surface area contributed by atoms with Crippen LogP contribution in [0.5, 0.6) is 0 Å². The zero-order valence-electron chi connectivity index (χ0n) is 9.39. The molecule has 0 radical (unpaired) electrons. The largest absolute Gasteiger partial charge is 0.469 e. The zero-order chi connectivity index (χ0) is 11.4. The molecule has 2 rings (SSSR count). The van der Waals surface area contributed by atoms with Crippen LogP contribution in [0.4, 0.5) is 0 Å². The lowest BCUT2D eigenvalue weighted by molar-refractivity contribution is -0.147. The minimum Gasteiger partial charge on any atom is -0.469 e. The van der Waals surface area contributed by atoms with Crippen molar-refractivity contribution in [3.05, 3.63) is 16.6 Å². The summed E-state index contributed by atoms with van der Waals surface area (Å²) in [4.78, 5) is 18.0. The summed E-state index contributed by atoms with van der Waals surface area (Å²) in [5, 5.41) is 2.06. The van der Waals surface area contributed by atoms with Crippen LogP contribution in [-0.4, -0.2) is 36.1 Å². The number of likely N-dealkylation sites (tertiary alicyclic amines) is 1. The maximum Gasteiger partial charge on any atom is 0.309 e. The van der Waals surface area contributed by atoms with Crippen molar-refractivity contribution >= 4 is 17.3 Å². The number of rotatable bonds is 3. The van der Waals surface area contributed by atoms with Crippen molar-refractivity contribution in [2.45, 2.75) is 19.4 Å². The fourth-order valence-corrected chi connectivity index (χ4v) is 2.65. The van der Waals surface area contributed by atoms with E-state index in [2.05, 4.69) is 15.3 Å². The molecule has 0 aromatic carbocycles. The van der Waals surface area contributed by atoms with Crippen molar-refractivity contribution < 1.29 is 9.53 Å². The first-order valence-electron chi connectivity index (χ1n) is 5.47. The third-order valence-corrected chi connectivity index (χ3v) is 3.54. The molecular formula is C11H16N2O2S. The quantitative estimate of drug-likeness (QED) is 0.751. The van der Waals surface area contributed by atoms with E-state index >= 15 is 0 Å². The Kier molecular flexibility index (Phi) is 3.90. The van der Waals surface area contributed by atoms with Crippen molar-refractivity contribution in [2.75, 3.05) is 20.2 Å². The second kappa shape index (κ2) is 5.41. The molecule has 1 unspecified atom stereocenters. The first kappa shape index (κ1) is 11.5. The Hall–Kier alpha value is -0.940. The van der Waals surface area contributed by atoms with E-state index in [1.165, 1.54) is 7.11 Å². The molecule has 0 spiro atoms. The third kappa shape index (κ3) is 2.80. The van der Waals surface area contributed by atoms with Gasteiger partial charge in [-0.05, 0) is 19.4 Å². The summed E-state index contributed by atoms with van der Waals surface area (Å²) in [7, 11) is 1.46. The highest BCUT2D eigenvalue weighted by Gasteiger charge is 2.26. The van der Waals surface area contributed by atoms with Crippen LogP contribution >= 0.6 is 11.3 Å². The molecule has 0 amide bonds. The Morgan fingerprint density at radius 1 is 1.75 bits per heavy atom. The number of carbonyl (C=O) groups is 1. The predicted molar refractivity (Wildman–Crippen MR) is 62.1 cm³/mol. The number of hydrogen-bond donors (Lipinski definition) is 0. The van der Waals surface area contributed by atoms with Gasteiger partial charge in [0.1, 0.15) is 0 Å². The Bertz CT molecular complexity index is 340. The first-order valence-corrected chi connectivity index (χ1v) is 6.41. The molecule has 1 saturated heterocycles. The molecule has 16 heavy (non-hydrogen) atoms. The Balaban J connectivity index is 1.89. The van der Waals surface area contributed by atoms with E-state index < -0.39 is 0 Å². The molecule has 0 saturated carbocycles. The lowest BCUT2D eigenvalue weighted by Gasteiger charge is -2.30. The van der Waals surface area contributed by atoms with Crippen molar-refractivity contribution in [3.8, 4) is 0 Å². The number of esters is 1. The molecule has 1 atom stereocenters. The summed E-state index contributed by atoms with van der Waals surface area (Å²) in [6.07, 6.45) is 2.00. The lowest BCUT2D eigenvalue weighted by Crippen LogP contribution is -2.38. The van der Waals surface area contributed by atoms with Gasteiger partial charge in [0.15, 0.2) is 0 Å². The molecule has 1 aliphatic heterocycles. The molecule has 5 heteroatoms. The van der Waals surface area contributed by atoms with Crippen LogP contribution in [0, 0.1) is 5.92 Å². The lowest BCUT2D eigenvalue weighted by atomic mass is 9.98. The molecule has 1 aromatic heterocycles. The van der Waals surface area contributed by atoms with E-state index in [-0.39, 0.29) is 11.9 Å². The molecule has 0 N–H and O–H groups in total. The molecule has 1 fully saturated rings. The van der Waals surface area contributed by atoms with E-state index in [0.29, 0.717) is 0 Å². The molecule has 4 nitrogen and oxygen atoms in total. The van der Waals surface area contributed by atoms with E-state index in [4.69, 9.17) is 4.74 Å². The van der Waals surface area contributed by atoms with Gasteiger partial charge in [0.05, 0.1) is 24.2 Å². The van der Waals surface area contributed by atoms with Crippen LogP contribution in [0.2, 0.25) is 0 Å². The van der Waals surface area contributed by atoms with Crippen molar-refractivity contribution in [2.24, 2.45) is 5.92 Å². The maximum atomic E-state index is 11.5. The molecule has 1 aromatic rings. The third-order valence-electron chi connectivity index (χ3n) is 2.91. The minimum absolute atomic E-state index is 0.0392. The molecular weight excluding hydrogens is 224 g/mol. The highest BCUT2D eigenvalue weighted by molar-refractivity contribution is 7.07. The number of nitrogens with zero attached hydrogens (tertiary/aromatic N) is 2. The van der Waals surface area contributed by atoms with Gasteiger partial charge in [-0.2, -0.15) is 0 Å². The summed E-state index contributed by atoms with van der Waals surface area (Å²) in [6, 6.07) is 0. The molecule has 88 valence electrons. The van der Waals surface area contributed by atoms with Gasteiger partial charge in [-0.3, -0.25) is 9.69 Å². The molecule has 2 heterocycles. The predicted octanol–water partition coefficient (Wildman–Crippen LogP) is 1.53. The standard InChI is InChI=1S/C11H16N2O2S/c1-15-11(14)9-3-2-4-13(5-9)6-10-7-16-8-12-10/h7-9H,2-6H2,1H3. The number of carbonyl (C=O) groups excluding carboxylic acids is 1. The second-order valence-corrected chi connectivity index (χ2v) is 4.80. The van der Waals surface area contributed by atoms with Crippen LogP contribution in [0.25, 0.3) is 0 Å². The SMILES string of the molecule is COC(=O)C1CCCN(Cc2cscn2)C1. The first-order chi connectivity index (χ1) is 7.79. The van der Waals surface area contributed by atoms with Crippen molar-refractivity contribution in [1.29, 1.82) is 0 Å². The summed E-state index contributed by atoms with van der Waals surface area (Å²) >= 11 is 1.61. The Morgan fingerprint density at radius 2 is 2.62 bits per heavy atom. The number of methoxy groups -OCH3 is 1. The summed E-state index contributed by atoms with van der Waals surface area (Å²) in [6.45, 7) is 2.69. The second-order valence-electron chi connectivity index (χ2n) is 4.08. The summed E-state index contributed by atoms with van der Waals surface area (Å²) in [5.74, 6) is -0.0413. The average molecular weight is 240 g/mol. The van der Waals surface area contributed by atoms with Crippen LogP contribution < -0.4 is 0 Å². The van der Waals surface area contributed by atoms with E-state index in [1.54, 1.807) is 11.3 Å². The normalized spacial score (nSPS) is 21.9. The molecule has 0 bridgehead atoms. The number of piperidine rings is 1. The minimum atomic E-state index is -0.0806. The van der Waals surface area contributed by atoms with Gasteiger partial charge >= 0.3 is 5.97 Å². The van der Waals surface area contributed by atoms with Crippen molar-refractivity contribution in [3.63, 3.8) is 0 Å². The van der Waals surface area contributed by atoms with Gasteiger partial charge in [-0.1, -0.05) is 0 Å². The van der Waals surface area contributed by atoms with Gasteiger partial charge in [0.25, 0.3) is 0 Å². The highest BCUT2D eigenvalue weighted by Crippen LogP contribution is 2.19. The number of aromatic nitrogens is 1. The van der Waals surface area contributed by atoms with Gasteiger partial charge in [-0.15, -0.1) is 11.3 Å². The van der Waals surface area contributed by atoms with E-state index in [0.717, 1.165) is 38.2 Å². The number of ether oxygens (including phenoxy) is 1. The number of thiazole rings is 1. The van der Waals surface area contributed by atoms with Crippen LogP contribution in [-0.2, 0) is 16.1 Å². The van der Waals surface area contributed by atoms with E-state index in [1.807, 2.05) is 5.51 Å².